The van der Waals surface area contributed by atoms with Crippen LogP contribution in [0.25, 0.3) is 6.08 Å². The van der Waals surface area contributed by atoms with Crippen LogP contribution in [0.1, 0.15) is 5.56 Å². The molecule has 15 heavy (non-hydrogen) atoms. The Kier molecular flexibility index (Phi) is 2.41. The smallest absolute Gasteiger partial charge is 0.409 e. The summed E-state index contributed by atoms with van der Waals surface area (Å²) in [6, 6.07) is 7.75. The molecule has 0 saturated heterocycles. The topological polar surface area (TPSA) is 64.4 Å². The Morgan fingerprint density at radius 2 is 2.07 bits per heavy atom. The van der Waals surface area contributed by atoms with Gasteiger partial charge in [-0.05, 0) is 23.8 Å². The zero-order valence-electron chi connectivity index (χ0n) is 7.94. The van der Waals surface area contributed by atoms with E-state index in [0.29, 0.717) is 5.76 Å². The van der Waals surface area contributed by atoms with Crippen LogP contribution in [0.5, 0.6) is 0 Å². The zero-order valence-corrected chi connectivity index (χ0v) is 7.94. The molecule has 2 rings (SSSR count). The lowest BCUT2D eigenvalue weighted by atomic mass is 10.2. The largest absolute Gasteiger partial charge is 0.410 e. The van der Waals surface area contributed by atoms with Crippen LogP contribution in [0.3, 0.4) is 0 Å². The molecule has 0 fully saturated rings. The minimum Gasteiger partial charge on any atom is -0.409 e. The van der Waals surface area contributed by atoms with Crippen LogP contribution in [0.4, 0.5) is 10.5 Å². The zero-order chi connectivity index (χ0) is 10.7. The molecule has 4 nitrogen and oxygen atoms in total. The molecular weight excluding hydrogens is 192 g/mol. The minimum atomic E-state index is -0.821. The molecule has 1 aromatic carbocycles. The number of primary amides is 1. The maximum absolute atomic E-state index is 10.6. The molecule has 0 saturated carbocycles. The van der Waals surface area contributed by atoms with Crippen LogP contribution >= 0.6 is 0 Å². The van der Waals surface area contributed by atoms with Gasteiger partial charge in [-0.1, -0.05) is 18.2 Å². The molecule has 0 spiro atoms. The molecule has 1 aliphatic rings. The first-order valence-corrected chi connectivity index (χ1v) is 4.47. The lowest BCUT2D eigenvalue weighted by Gasteiger charge is -2.02. The van der Waals surface area contributed by atoms with Crippen LogP contribution in [-0.4, -0.2) is 6.09 Å². The lowest BCUT2D eigenvalue weighted by Crippen LogP contribution is -2.12. The van der Waals surface area contributed by atoms with E-state index in [4.69, 9.17) is 10.5 Å². The van der Waals surface area contributed by atoms with Gasteiger partial charge in [-0.3, -0.25) is 0 Å². The summed E-state index contributed by atoms with van der Waals surface area (Å²) in [5.41, 5.74) is 6.90. The third kappa shape index (κ3) is 2.17. The number of para-hydroxylation sites is 1. The number of carbonyl (C=O) groups is 1. The van der Waals surface area contributed by atoms with Crippen molar-refractivity contribution < 1.29 is 9.53 Å². The molecule has 3 N–H and O–H groups in total. The Morgan fingerprint density at radius 3 is 2.87 bits per heavy atom. The molecule has 76 valence electrons. The summed E-state index contributed by atoms with van der Waals surface area (Å²) in [6.45, 7) is 0. The van der Waals surface area contributed by atoms with Gasteiger partial charge in [-0.25, -0.2) is 4.79 Å². The van der Waals surface area contributed by atoms with Crippen molar-refractivity contribution in [2.75, 3.05) is 5.32 Å². The normalized spacial score (nSPS) is 13.2. The van der Waals surface area contributed by atoms with Crippen molar-refractivity contribution in [2.45, 2.75) is 0 Å². The molecule has 0 atom stereocenters. The van der Waals surface area contributed by atoms with E-state index in [0.717, 1.165) is 11.3 Å². The van der Waals surface area contributed by atoms with E-state index in [9.17, 15) is 4.79 Å². The fourth-order valence-corrected chi connectivity index (χ4v) is 1.32. The maximum atomic E-state index is 10.6. The average molecular weight is 202 g/mol. The van der Waals surface area contributed by atoms with Gasteiger partial charge in [0.2, 0.25) is 0 Å². The van der Waals surface area contributed by atoms with E-state index in [1.54, 1.807) is 12.3 Å². The highest BCUT2D eigenvalue weighted by Gasteiger charge is 2.04. The summed E-state index contributed by atoms with van der Waals surface area (Å²) in [5, 5.41) is 3.02. The molecule has 4 heteroatoms. The lowest BCUT2D eigenvalue weighted by molar-refractivity contribution is 0.190. The highest BCUT2D eigenvalue weighted by molar-refractivity contribution is 5.72. The van der Waals surface area contributed by atoms with Crippen LogP contribution in [0, 0.1) is 0 Å². The fraction of sp³-hybridized carbons (Fsp3) is 0. The van der Waals surface area contributed by atoms with Crippen molar-refractivity contribution in [3.63, 3.8) is 0 Å². The number of allylic oxidation sites excluding steroid dienone is 1. The predicted molar refractivity (Wildman–Crippen MR) is 57.9 cm³/mol. The average Bonchev–Trinajstić information content (AvgIpc) is 2.41. The number of carbonyl (C=O) groups excluding carboxylic acids is 1. The number of ether oxygens (including phenoxy) is 1. The van der Waals surface area contributed by atoms with Crippen LogP contribution < -0.4 is 11.1 Å². The van der Waals surface area contributed by atoms with Crippen molar-refractivity contribution in [1.29, 1.82) is 0 Å². The molecule has 0 unspecified atom stereocenters. The van der Waals surface area contributed by atoms with Gasteiger partial charge in [-0.15, -0.1) is 0 Å². The number of hydrogen-bond acceptors (Lipinski definition) is 3. The van der Waals surface area contributed by atoms with Gasteiger partial charge in [-0.2, -0.15) is 0 Å². The number of benzene rings is 1. The Hall–Kier alpha value is -2.23. The van der Waals surface area contributed by atoms with Gasteiger partial charge in [0.1, 0.15) is 5.76 Å². The van der Waals surface area contributed by atoms with Gasteiger partial charge in [0.25, 0.3) is 0 Å². The summed E-state index contributed by atoms with van der Waals surface area (Å²) < 4.78 is 4.75. The Morgan fingerprint density at radius 1 is 1.27 bits per heavy atom. The second-order valence-electron chi connectivity index (χ2n) is 3.03. The van der Waals surface area contributed by atoms with Crippen LogP contribution in [0.15, 0.2) is 42.3 Å². The predicted octanol–water partition coefficient (Wildman–Crippen LogP) is 2.06. The van der Waals surface area contributed by atoms with Crippen molar-refractivity contribution in [3.05, 3.63) is 47.9 Å². The summed E-state index contributed by atoms with van der Waals surface area (Å²) in [4.78, 5) is 10.6. The quantitative estimate of drug-likeness (QED) is 0.732. The molecule has 0 radical (unpaired) electrons. The first-order chi connectivity index (χ1) is 7.25. The van der Waals surface area contributed by atoms with E-state index >= 15 is 0 Å². The van der Waals surface area contributed by atoms with E-state index in [-0.39, 0.29) is 0 Å². The summed E-state index contributed by atoms with van der Waals surface area (Å²) >= 11 is 0. The number of amides is 1. The highest BCUT2D eigenvalue weighted by atomic mass is 16.5. The van der Waals surface area contributed by atoms with Crippen LogP contribution in [0.2, 0.25) is 0 Å². The number of rotatable bonds is 1. The molecule has 1 heterocycles. The Bertz CT molecular complexity index is 450. The van der Waals surface area contributed by atoms with Gasteiger partial charge in [0.05, 0.1) is 0 Å². The molecule has 0 aromatic heterocycles. The first-order valence-electron chi connectivity index (χ1n) is 4.47. The summed E-state index contributed by atoms with van der Waals surface area (Å²) in [7, 11) is 0. The fourth-order valence-electron chi connectivity index (χ4n) is 1.32. The van der Waals surface area contributed by atoms with Gasteiger partial charge >= 0.3 is 6.09 Å². The highest BCUT2D eigenvalue weighted by Crippen LogP contribution is 2.20. The van der Waals surface area contributed by atoms with Gasteiger partial charge in [0, 0.05) is 11.9 Å². The monoisotopic (exact) mass is 202 g/mol. The molecule has 1 amide bonds. The third-order valence-electron chi connectivity index (χ3n) is 1.98. The standard InChI is InChI=1S/C11H10N2O2/c12-11(14)15-9-6-5-8-3-1-2-4-10(8)13-7-9/h1-7,13H,(H2,12,14). The van der Waals surface area contributed by atoms with E-state index in [2.05, 4.69) is 5.32 Å². The van der Waals surface area contributed by atoms with E-state index in [1.165, 1.54) is 0 Å². The third-order valence-corrected chi connectivity index (χ3v) is 1.98. The van der Waals surface area contributed by atoms with Crippen molar-refractivity contribution >= 4 is 17.9 Å². The van der Waals surface area contributed by atoms with Crippen molar-refractivity contribution in [3.8, 4) is 0 Å². The van der Waals surface area contributed by atoms with Gasteiger partial charge < -0.3 is 15.8 Å². The Balaban J connectivity index is 2.25. The van der Waals surface area contributed by atoms with Crippen molar-refractivity contribution in [1.82, 2.24) is 0 Å². The molecular formula is C11H10N2O2. The van der Waals surface area contributed by atoms with Crippen molar-refractivity contribution in [2.24, 2.45) is 5.73 Å². The number of nitrogens with two attached hydrogens (primary N) is 1. The number of hydrogen-bond donors (Lipinski definition) is 2. The van der Waals surface area contributed by atoms with E-state index in [1.807, 2.05) is 30.3 Å². The SMILES string of the molecule is NC(=O)OC1=CNc2ccccc2C=C1. The first kappa shape index (κ1) is 9.33. The number of fused-ring (bicyclic) bond motifs is 1. The second kappa shape index (κ2) is 3.88. The number of anilines is 1. The molecule has 1 aromatic rings. The maximum Gasteiger partial charge on any atom is 0.410 e. The Labute approximate surface area is 87.0 Å². The van der Waals surface area contributed by atoms with Crippen LogP contribution in [-0.2, 0) is 4.74 Å². The molecule has 0 bridgehead atoms. The second-order valence-corrected chi connectivity index (χ2v) is 3.03. The van der Waals surface area contributed by atoms with E-state index < -0.39 is 6.09 Å². The minimum absolute atomic E-state index is 0.388. The summed E-state index contributed by atoms with van der Waals surface area (Å²) in [5.74, 6) is 0.388. The molecule has 0 aliphatic carbocycles. The molecule has 1 aliphatic heterocycles. The summed E-state index contributed by atoms with van der Waals surface area (Å²) in [6.07, 6.45) is 4.31. The van der Waals surface area contributed by atoms with Gasteiger partial charge in [0.15, 0.2) is 0 Å². The number of nitrogens with one attached hydrogen (secondary N) is 1.